The van der Waals surface area contributed by atoms with Crippen LogP contribution in [0.5, 0.6) is 0 Å². The van der Waals surface area contributed by atoms with Gasteiger partial charge in [0, 0.05) is 18.2 Å². The van der Waals surface area contributed by atoms with E-state index in [-0.39, 0.29) is 23.0 Å². The fourth-order valence-corrected chi connectivity index (χ4v) is 5.52. The number of hydrogen-bond acceptors (Lipinski definition) is 9. The summed E-state index contributed by atoms with van der Waals surface area (Å²) in [6.07, 6.45) is -1.28. The minimum Gasteiger partial charge on any atom is -0.461 e. The highest BCUT2D eigenvalue weighted by molar-refractivity contribution is 8.00. The smallest absolute Gasteiger partial charge is 0.355 e. The molecule has 1 fully saturated rings. The number of hydrogen-bond donors (Lipinski definition) is 0. The van der Waals surface area contributed by atoms with Crippen LogP contribution in [-0.2, 0) is 38.2 Å². The molecule has 1 amide bonds. The normalized spacial score (nSPS) is 21.0. The molecule has 0 bridgehead atoms. The van der Waals surface area contributed by atoms with Crippen LogP contribution in [0.1, 0.15) is 33.3 Å². The van der Waals surface area contributed by atoms with Crippen molar-refractivity contribution in [2.24, 2.45) is 0 Å². The summed E-state index contributed by atoms with van der Waals surface area (Å²) in [6.45, 7) is 7.93. The number of benzene rings is 1. The van der Waals surface area contributed by atoms with E-state index in [4.69, 9.17) is 13.7 Å². The summed E-state index contributed by atoms with van der Waals surface area (Å²) < 4.78 is 41.0. The molecule has 0 spiro atoms. The molecule has 2 atom stereocenters. The van der Waals surface area contributed by atoms with Crippen LogP contribution in [0.4, 0.5) is 0 Å². The number of carbonyl (C=O) groups is 3. The molecule has 0 aliphatic carbocycles. The van der Waals surface area contributed by atoms with Crippen LogP contribution in [0.2, 0.25) is 0 Å². The minimum absolute atomic E-state index is 0.0393. The molecule has 0 N–H and O–H groups in total. The van der Waals surface area contributed by atoms with Crippen LogP contribution in [0.25, 0.3) is 0 Å². The van der Waals surface area contributed by atoms with Crippen LogP contribution < -0.4 is 0 Å². The molecule has 0 unspecified atom stereocenters. The van der Waals surface area contributed by atoms with Crippen molar-refractivity contribution in [3.05, 3.63) is 41.1 Å². The second-order valence-corrected chi connectivity index (χ2v) is 11.1. The maximum atomic E-state index is 12.9. The Bertz CT molecular complexity index is 1070. The SMILES string of the molecule is CC(=O)OCC1=C(C(=O)OC(C)(C)C)N2C(=O)[C@H](OS(=O)(=O)c3ccc(C)cc3)[C@H]2SC1. The number of amides is 1. The number of esters is 2. The number of rotatable bonds is 6. The number of nitrogens with zero attached hydrogens (tertiary/aromatic N) is 1. The van der Waals surface area contributed by atoms with Gasteiger partial charge in [-0.05, 0) is 39.8 Å². The highest BCUT2D eigenvalue weighted by atomic mass is 32.2. The van der Waals surface area contributed by atoms with Gasteiger partial charge in [0.25, 0.3) is 16.0 Å². The summed E-state index contributed by atoms with van der Waals surface area (Å²) in [6, 6.07) is 6.07. The molecule has 1 aromatic carbocycles. The average molecular weight is 484 g/mol. The monoisotopic (exact) mass is 483 g/mol. The van der Waals surface area contributed by atoms with E-state index < -0.39 is 45.0 Å². The first kappa shape index (κ1) is 24.3. The fourth-order valence-electron chi connectivity index (χ4n) is 3.12. The Labute approximate surface area is 191 Å². The van der Waals surface area contributed by atoms with Crippen LogP contribution in [0.3, 0.4) is 0 Å². The summed E-state index contributed by atoms with van der Waals surface area (Å²) in [7, 11) is -4.18. The molecule has 9 nitrogen and oxygen atoms in total. The van der Waals surface area contributed by atoms with Gasteiger partial charge in [-0.1, -0.05) is 17.7 Å². The highest BCUT2D eigenvalue weighted by Gasteiger charge is 2.56. The molecule has 32 heavy (non-hydrogen) atoms. The number of β-lactam (4-membered cyclic amide) rings is 1. The van der Waals surface area contributed by atoms with E-state index in [1.807, 2.05) is 6.92 Å². The molecule has 174 valence electrons. The van der Waals surface area contributed by atoms with Crippen LogP contribution in [-0.4, -0.2) is 60.6 Å². The van der Waals surface area contributed by atoms with E-state index >= 15 is 0 Å². The summed E-state index contributed by atoms with van der Waals surface area (Å²) in [5.74, 6) is -1.73. The van der Waals surface area contributed by atoms with Crippen LogP contribution in [0, 0.1) is 6.92 Å². The van der Waals surface area contributed by atoms with Crippen molar-refractivity contribution >= 4 is 39.7 Å². The van der Waals surface area contributed by atoms with E-state index in [2.05, 4.69) is 0 Å². The predicted molar refractivity (Wildman–Crippen MR) is 116 cm³/mol. The van der Waals surface area contributed by atoms with Gasteiger partial charge < -0.3 is 9.47 Å². The predicted octanol–water partition coefficient (Wildman–Crippen LogP) is 2.14. The lowest BCUT2D eigenvalue weighted by atomic mass is 10.1. The maximum absolute atomic E-state index is 12.9. The largest absolute Gasteiger partial charge is 0.461 e. The lowest BCUT2D eigenvalue weighted by Gasteiger charge is -2.48. The minimum atomic E-state index is -4.18. The van der Waals surface area contributed by atoms with Crippen molar-refractivity contribution in [1.82, 2.24) is 4.90 Å². The first-order valence-corrected chi connectivity index (χ1v) is 12.3. The van der Waals surface area contributed by atoms with E-state index in [9.17, 15) is 22.8 Å². The average Bonchev–Trinajstić information content (AvgIpc) is 2.68. The first-order chi connectivity index (χ1) is 14.8. The lowest BCUT2D eigenvalue weighted by molar-refractivity contribution is -0.163. The molecular formula is C21H25NO8S2. The Balaban J connectivity index is 1.86. The Morgan fingerprint density at radius 2 is 1.81 bits per heavy atom. The molecule has 0 aromatic heterocycles. The Hall–Kier alpha value is -2.37. The number of ether oxygens (including phenoxy) is 2. The molecule has 1 saturated heterocycles. The van der Waals surface area contributed by atoms with Crippen molar-refractivity contribution in [3.63, 3.8) is 0 Å². The zero-order chi connectivity index (χ0) is 23.8. The first-order valence-electron chi connectivity index (χ1n) is 9.83. The van der Waals surface area contributed by atoms with E-state index in [0.717, 1.165) is 10.5 Å². The molecule has 1 aromatic rings. The van der Waals surface area contributed by atoms with Gasteiger partial charge in [0.05, 0.1) is 4.90 Å². The standard InChI is InChI=1S/C21H25NO8S2/c1-12-6-8-15(9-7-12)32(26,27)30-17-18(24)22-16(20(25)29-21(3,4)5)14(10-28-13(2)23)11-31-19(17)22/h6-9,17,19H,10-11H2,1-5H3/t17-,19+/m0/s1. The third-order valence-electron chi connectivity index (χ3n) is 4.58. The molecule has 3 rings (SSSR count). The lowest BCUT2D eigenvalue weighted by Crippen LogP contribution is -2.66. The van der Waals surface area contributed by atoms with Gasteiger partial charge in [-0.25, -0.2) is 8.98 Å². The third-order valence-corrected chi connectivity index (χ3v) is 7.21. The van der Waals surface area contributed by atoms with Gasteiger partial charge >= 0.3 is 11.9 Å². The third kappa shape index (κ3) is 5.16. The van der Waals surface area contributed by atoms with Crippen LogP contribution in [0.15, 0.2) is 40.4 Å². The number of fused-ring (bicyclic) bond motifs is 1. The quantitative estimate of drug-likeness (QED) is 0.341. The van der Waals surface area contributed by atoms with Crippen LogP contribution >= 0.6 is 11.8 Å². The Morgan fingerprint density at radius 1 is 1.19 bits per heavy atom. The Morgan fingerprint density at radius 3 is 2.38 bits per heavy atom. The zero-order valence-electron chi connectivity index (χ0n) is 18.4. The molecule has 0 saturated carbocycles. The topological polar surface area (TPSA) is 116 Å². The van der Waals surface area contributed by atoms with Gasteiger partial charge in [0.2, 0.25) is 0 Å². The second kappa shape index (κ2) is 8.87. The van der Waals surface area contributed by atoms with Crippen molar-refractivity contribution in [1.29, 1.82) is 0 Å². The number of carbonyl (C=O) groups excluding carboxylic acids is 3. The molecular weight excluding hydrogens is 458 g/mol. The van der Waals surface area contributed by atoms with Gasteiger partial charge in [0.15, 0.2) is 6.10 Å². The summed E-state index contributed by atoms with van der Waals surface area (Å²) in [4.78, 5) is 38.1. The molecule has 0 radical (unpaired) electrons. The molecule has 2 aliphatic heterocycles. The highest BCUT2D eigenvalue weighted by Crippen LogP contribution is 2.43. The van der Waals surface area contributed by atoms with Gasteiger partial charge in [0.1, 0.15) is 23.3 Å². The van der Waals surface area contributed by atoms with Crippen molar-refractivity contribution in [3.8, 4) is 0 Å². The van der Waals surface area contributed by atoms with Gasteiger partial charge in [-0.2, -0.15) is 8.42 Å². The van der Waals surface area contributed by atoms with E-state index in [0.29, 0.717) is 5.57 Å². The Kier molecular flexibility index (Phi) is 6.73. The molecule has 11 heteroatoms. The summed E-state index contributed by atoms with van der Waals surface area (Å²) >= 11 is 1.22. The van der Waals surface area contributed by atoms with E-state index in [1.54, 1.807) is 32.9 Å². The maximum Gasteiger partial charge on any atom is 0.355 e. The fraction of sp³-hybridized carbons (Fsp3) is 0.476. The summed E-state index contributed by atoms with van der Waals surface area (Å²) in [5, 5.41) is -0.730. The zero-order valence-corrected chi connectivity index (χ0v) is 20.0. The van der Waals surface area contributed by atoms with Gasteiger partial charge in [-0.15, -0.1) is 11.8 Å². The molecule has 2 aliphatic rings. The van der Waals surface area contributed by atoms with Crippen molar-refractivity contribution < 1.29 is 36.5 Å². The van der Waals surface area contributed by atoms with Gasteiger partial charge in [-0.3, -0.25) is 14.5 Å². The molecule has 2 heterocycles. The van der Waals surface area contributed by atoms with Crippen molar-refractivity contribution in [2.45, 2.75) is 56.6 Å². The summed E-state index contributed by atoms with van der Waals surface area (Å²) in [5.41, 5.74) is 0.423. The second-order valence-electron chi connectivity index (χ2n) is 8.43. The number of thioether (sulfide) groups is 1. The number of aryl methyl sites for hydroxylation is 1. The van der Waals surface area contributed by atoms with Crippen molar-refractivity contribution in [2.75, 3.05) is 12.4 Å². The van der Waals surface area contributed by atoms with E-state index in [1.165, 1.54) is 30.8 Å².